The van der Waals surface area contributed by atoms with Gasteiger partial charge in [-0.25, -0.2) is 0 Å². The third-order valence-corrected chi connectivity index (χ3v) is 4.62. The van der Waals surface area contributed by atoms with Crippen LogP contribution in [0.5, 0.6) is 17.2 Å². The first-order chi connectivity index (χ1) is 14.0. The zero-order valence-corrected chi connectivity index (χ0v) is 18.3. The molecule has 1 heterocycles. The molecule has 0 aliphatic heterocycles. The Kier molecular flexibility index (Phi) is 8.84. The van der Waals surface area contributed by atoms with E-state index in [2.05, 4.69) is 44.8 Å². The number of hydrogen-bond acceptors (Lipinski definition) is 4. The molecule has 0 atom stereocenters. The minimum atomic E-state index is -0.294. The zero-order chi connectivity index (χ0) is 21.2. The van der Waals surface area contributed by atoms with E-state index in [0.717, 1.165) is 31.1 Å². The molecule has 0 fully saturated rings. The summed E-state index contributed by atoms with van der Waals surface area (Å²) in [6.45, 7) is 9.40. The Hall–Kier alpha value is -2.69. The lowest BCUT2D eigenvalue weighted by Crippen LogP contribution is -2.14. The molecule has 0 aliphatic carbocycles. The van der Waals surface area contributed by atoms with Crippen LogP contribution in [0, 0.1) is 0 Å². The number of H-pyrrole nitrogens is 1. The summed E-state index contributed by atoms with van der Waals surface area (Å²) in [4.78, 5) is 15.3. The van der Waals surface area contributed by atoms with Crippen molar-refractivity contribution in [3.05, 3.63) is 51.9 Å². The maximum Gasteiger partial charge on any atom is 0.294 e. The Bertz CT molecular complexity index is 920. The van der Waals surface area contributed by atoms with Crippen LogP contribution in [-0.2, 0) is 0 Å². The van der Waals surface area contributed by atoms with Gasteiger partial charge in [-0.1, -0.05) is 30.6 Å². The van der Waals surface area contributed by atoms with Gasteiger partial charge in [-0.15, -0.1) is 0 Å². The van der Waals surface area contributed by atoms with Crippen molar-refractivity contribution >= 4 is 10.9 Å². The molecule has 0 bridgehead atoms. The molecule has 0 amide bonds. The molecule has 1 aromatic heterocycles. The van der Waals surface area contributed by atoms with Crippen LogP contribution in [0.25, 0.3) is 10.9 Å². The van der Waals surface area contributed by atoms with E-state index < -0.39 is 0 Å². The van der Waals surface area contributed by atoms with E-state index in [0.29, 0.717) is 30.2 Å². The molecule has 0 aliphatic rings. The lowest BCUT2D eigenvalue weighted by molar-refractivity contribution is 0.286. The highest BCUT2D eigenvalue weighted by Crippen LogP contribution is 2.33. The van der Waals surface area contributed by atoms with Gasteiger partial charge in [-0.3, -0.25) is 4.79 Å². The number of aromatic amines is 1. The maximum atomic E-state index is 12.5. The molecule has 1 aromatic carbocycles. The predicted molar refractivity (Wildman–Crippen MR) is 119 cm³/mol. The van der Waals surface area contributed by atoms with Crippen molar-refractivity contribution < 1.29 is 14.2 Å². The Morgan fingerprint density at radius 1 is 1.10 bits per heavy atom. The lowest BCUT2D eigenvalue weighted by atomic mass is 10.1. The van der Waals surface area contributed by atoms with Crippen LogP contribution in [0.3, 0.4) is 0 Å². The average molecular weight is 400 g/mol. The smallest absolute Gasteiger partial charge is 0.294 e. The SMILES string of the molecule is CCCCOc1c(OC)c2ccc(OC/C=C(\C)CCC=C(C)C)cc2[nH]c1=O. The minimum absolute atomic E-state index is 0.233. The molecule has 0 saturated heterocycles. The number of fused-ring (bicyclic) bond motifs is 1. The van der Waals surface area contributed by atoms with Crippen LogP contribution in [-0.4, -0.2) is 25.3 Å². The largest absolute Gasteiger partial charge is 0.492 e. The number of ether oxygens (including phenoxy) is 3. The van der Waals surface area contributed by atoms with Crippen LogP contribution in [0.1, 0.15) is 53.4 Å². The van der Waals surface area contributed by atoms with E-state index in [4.69, 9.17) is 14.2 Å². The number of rotatable bonds is 11. The molecule has 1 N–H and O–H groups in total. The fourth-order valence-electron chi connectivity index (χ4n) is 2.94. The second kappa shape index (κ2) is 11.3. The summed E-state index contributed by atoms with van der Waals surface area (Å²) in [5.74, 6) is 1.39. The molecular formula is C24H33NO4. The summed E-state index contributed by atoms with van der Waals surface area (Å²) in [5.41, 5.74) is 3.01. The molecule has 0 spiro atoms. The van der Waals surface area contributed by atoms with Gasteiger partial charge in [0.15, 0.2) is 5.75 Å². The van der Waals surface area contributed by atoms with Crippen molar-refractivity contribution in [3.8, 4) is 17.2 Å². The highest BCUT2D eigenvalue weighted by atomic mass is 16.5. The summed E-state index contributed by atoms with van der Waals surface area (Å²) in [5, 5.41) is 0.791. The van der Waals surface area contributed by atoms with Crippen molar-refractivity contribution in [1.29, 1.82) is 0 Å². The molecule has 5 nitrogen and oxygen atoms in total. The molecule has 29 heavy (non-hydrogen) atoms. The lowest BCUT2D eigenvalue weighted by Gasteiger charge is -2.13. The number of unbranched alkanes of at least 4 members (excludes halogenated alkanes) is 1. The quantitative estimate of drug-likeness (QED) is 0.384. The number of allylic oxidation sites excluding steroid dienone is 3. The Balaban J connectivity index is 2.12. The van der Waals surface area contributed by atoms with Gasteiger partial charge < -0.3 is 19.2 Å². The maximum absolute atomic E-state index is 12.5. The van der Waals surface area contributed by atoms with Crippen LogP contribution < -0.4 is 19.8 Å². The van der Waals surface area contributed by atoms with Crippen LogP contribution in [0.15, 0.2) is 46.3 Å². The number of methoxy groups -OCH3 is 1. The van der Waals surface area contributed by atoms with Crippen molar-refractivity contribution in [2.24, 2.45) is 0 Å². The van der Waals surface area contributed by atoms with Crippen molar-refractivity contribution in [2.75, 3.05) is 20.3 Å². The molecule has 0 radical (unpaired) electrons. The van der Waals surface area contributed by atoms with E-state index in [-0.39, 0.29) is 11.3 Å². The van der Waals surface area contributed by atoms with E-state index in [9.17, 15) is 4.79 Å². The summed E-state index contributed by atoms with van der Waals surface area (Å²) >= 11 is 0. The van der Waals surface area contributed by atoms with Crippen molar-refractivity contribution in [3.63, 3.8) is 0 Å². The number of pyridine rings is 1. The van der Waals surface area contributed by atoms with Gasteiger partial charge in [0.2, 0.25) is 5.75 Å². The predicted octanol–water partition coefficient (Wildman–Crippen LogP) is 5.79. The summed E-state index contributed by atoms with van der Waals surface area (Å²) in [7, 11) is 1.55. The normalized spacial score (nSPS) is 11.4. The topological polar surface area (TPSA) is 60.6 Å². The Morgan fingerprint density at radius 3 is 2.59 bits per heavy atom. The summed E-state index contributed by atoms with van der Waals surface area (Å²) in [6.07, 6.45) is 8.29. The van der Waals surface area contributed by atoms with E-state index in [1.807, 2.05) is 18.2 Å². The molecule has 0 unspecified atom stereocenters. The van der Waals surface area contributed by atoms with E-state index in [1.54, 1.807) is 7.11 Å². The molecular weight excluding hydrogens is 366 g/mol. The van der Waals surface area contributed by atoms with E-state index >= 15 is 0 Å². The number of benzene rings is 1. The first-order valence-electron chi connectivity index (χ1n) is 10.2. The Morgan fingerprint density at radius 2 is 1.90 bits per heavy atom. The summed E-state index contributed by atoms with van der Waals surface area (Å²) < 4.78 is 17.0. The van der Waals surface area contributed by atoms with Crippen LogP contribution in [0.2, 0.25) is 0 Å². The first-order valence-corrected chi connectivity index (χ1v) is 10.2. The van der Waals surface area contributed by atoms with Gasteiger partial charge in [0, 0.05) is 11.5 Å². The van der Waals surface area contributed by atoms with Gasteiger partial charge in [0.1, 0.15) is 12.4 Å². The average Bonchev–Trinajstić information content (AvgIpc) is 2.68. The molecule has 158 valence electrons. The van der Waals surface area contributed by atoms with Gasteiger partial charge in [0.05, 0.1) is 19.2 Å². The second-order valence-corrected chi connectivity index (χ2v) is 7.41. The number of nitrogens with one attached hydrogen (secondary N) is 1. The van der Waals surface area contributed by atoms with Crippen LogP contribution in [0.4, 0.5) is 0 Å². The third-order valence-electron chi connectivity index (χ3n) is 4.62. The molecule has 0 saturated carbocycles. The van der Waals surface area contributed by atoms with Crippen molar-refractivity contribution in [1.82, 2.24) is 4.98 Å². The molecule has 2 rings (SSSR count). The highest BCUT2D eigenvalue weighted by Gasteiger charge is 2.15. The number of hydrogen-bond donors (Lipinski definition) is 1. The van der Waals surface area contributed by atoms with Gasteiger partial charge in [-0.2, -0.15) is 0 Å². The van der Waals surface area contributed by atoms with E-state index in [1.165, 1.54) is 11.1 Å². The number of aromatic nitrogens is 1. The van der Waals surface area contributed by atoms with Crippen molar-refractivity contribution in [2.45, 2.75) is 53.4 Å². The van der Waals surface area contributed by atoms with Gasteiger partial charge in [0.25, 0.3) is 5.56 Å². The monoisotopic (exact) mass is 399 g/mol. The summed E-state index contributed by atoms with van der Waals surface area (Å²) in [6, 6.07) is 5.59. The zero-order valence-electron chi connectivity index (χ0n) is 18.3. The molecule has 2 aromatic rings. The van der Waals surface area contributed by atoms with Crippen LogP contribution >= 0.6 is 0 Å². The van der Waals surface area contributed by atoms with Gasteiger partial charge in [-0.05, 0) is 58.2 Å². The highest BCUT2D eigenvalue weighted by molar-refractivity contribution is 5.88. The third kappa shape index (κ3) is 6.70. The fourth-order valence-corrected chi connectivity index (χ4v) is 2.94. The fraction of sp³-hybridized carbons (Fsp3) is 0.458. The Labute approximate surface area is 173 Å². The standard InChI is InChI=1S/C24H33NO4/c1-6-7-14-29-23-22(27-5)20-12-11-19(16-21(20)25-24(23)26)28-15-13-18(4)10-8-9-17(2)3/h9,11-13,16H,6-8,10,14-15H2,1-5H3,(H,25,26)/b18-13+. The van der Waals surface area contributed by atoms with Gasteiger partial charge >= 0.3 is 0 Å². The minimum Gasteiger partial charge on any atom is -0.492 e. The second-order valence-electron chi connectivity index (χ2n) is 7.41. The first kappa shape index (κ1) is 22.6. The molecule has 5 heteroatoms.